The lowest BCUT2D eigenvalue weighted by Gasteiger charge is -2.21. The molecule has 1 saturated heterocycles. The molecule has 0 amide bonds. The Kier molecular flexibility index (Phi) is 4.44. The minimum absolute atomic E-state index is 0.709. The molecule has 12 heavy (non-hydrogen) atoms. The number of hydrogen-bond acceptors (Lipinski definition) is 2. The molecule has 0 spiro atoms. The molecule has 0 radical (unpaired) electrons. The third-order valence-electron chi connectivity index (χ3n) is 2.60. The predicted molar refractivity (Wildman–Crippen MR) is 57.8 cm³/mol. The van der Waals surface area contributed by atoms with E-state index in [-0.39, 0.29) is 0 Å². The summed E-state index contributed by atoms with van der Waals surface area (Å²) in [7, 11) is 0. The van der Waals surface area contributed by atoms with Crippen molar-refractivity contribution >= 4 is 11.8 Å². The summed E-state index contributed by atoms with van der Waals surface area (Å²) in [6.07, 6.45) is 3.97. The average molecular weight is 187 g/mol. The van der Waals surface area contributed by atoms with E-state index in [0.29, 0.717) is 6.04 Å². The molecule has 1 fully saturated rings. The molecule has 3 atom stereocenters. The third kappa shape index (κ3) is 2.98. The summed E-state index contributed by atoms with van der Waals surface area (Å²) in [5, 5.41) is 4.53. The van der Waals surface area contributed by atoms with Gasteiger partial charge in [-0.3, -0.25) is 0 Å². The van der Waals surface area contributed by atoms with E-state index in [9.17, 15) is 0 Å². The van der Waals surface area contributed by atoms with Gasteiger partial charge >= 0.3 is 0 Å². The Morgan fingerprint density at radius 1 is 1.58 bits per heavy atom. The molecule has 0 aromatic heterocycles. The zero-order valence-corrected chi connectivity index (χ0v) is 9.29. The van der Waals surface area contributed by atoms with E-state index >= 15 is 0 Å². The van der Waals surface area contributed by atoms with Crippen LogP contribution in [0.1, 0.15) is 40.0 Å². The quantitative estimate of drug-likeness (QED) is 0.726. The first-order chi connectivity index (χ1) is 5.74. The summed E-state index contributed by atoms with van der Waals surface area (Å²) >= 11 is 2.10. The maximum Gasteiger partial charge on any atom is 0.0194 e. The van der Waals surface area contributed by atoms with Gasteiger partial charge in [0.15, 0.2) is 0 Å². The van der Waals surface area contributed by atoms with Crippen LogP contribution in [-0.2, 0) is 0 Å². The monoisotopic (exact) mass is 187 g/mol. The fourth-order valence-electron chi connectivity index (χ4n) is 1.83. The number of rotatable bonds is 4. The highest BCUT2D eigenvalue weighted by atomic mass is 32.2. The molecular formula is C10H21NS. The van der Waals surface area contributed by atoms with Gasteiger partial charge in [-0.2, -0.15) is 11.8 Å². The van der Waals surface area contributed by atoms with Gasteiger partial charge in [-0.25, -0.2) is 0 Å². The molecule has 72 valence electrons. The number of nitrogens with one attached hydrogen (secondary N) is 1. The van der Waals surface area contributed by atoms with E-state index < -0.39 is 0 Å². The fourth-order valence-corrected chi connectivity index (χ4v) is 3.04. The van der Waals surface area contributed by atoms with Gasteiger partial charge < -0.3 is 5.32 Å². The summed E-state index contributed by atoms with van der Waals surface area (Å²) in [5.74, 6) is 1.34. The average Bonchev–Trinajstić information content (AvgIpc) is 2.37. The van der Waals surface area contributed by atoms with Crippen molar-refractivity contribution < 1.29 is 0 Å². The van der Waals surface area contributed by atoms with Crippen LogP contribution >= 0.6 is 11.8 Å². The van der Waals surface area contributed by atoms with Crippen molar-refractivity contribution in [1.82, 2.24) is 5.32 Å². The normalized spacial score (nSPS) is 32.2. The van der Waals surface area contributed by atoms with Crippen LogP contribution in [-0.4, -0.2) is 23.1 Å². The summed E-state index contributed by atoms with van der Waals surface area (Å²) < 4.78 is 0. The highest BCUT2D eigenvalue weighted by molar-refractivity contribution is 8.00. The summed E-state index contributed by atoms with van der Waals surface area (Å²) in [4.78, 5) is 0. The van der Waals surface area contributed by atoms with E-state index in [2.05, 4.69) is 37.8 Å². The van der Waals surface area contributed by atoms with E-state index in [1.807, 2.05) is 0 Å². The molecule has 2 heteroatoms. The van der Waals surface area contributed by atoms with Gasteiger partial charge in [0.1, 0.15) is 0 Å². The van der Waals surface area contributed by atoms with Gasteiger partial charge in [0.05, 0.1) is 0 Å². The van der Waals surface area contributed by atoms with Crippen molar-refractivity contribution in [3.8, 4) is 0 Å². The Morgan fingerprint density at radius 3 is 2.83 bits per heavy atom. The van der Waals surface area contributed by atoms with Crippen LogP contribution in [0, 0.1) is 0 Å². The Bertz CT molecular complexity index is 127. The Balaban J connectivity index is 2.20. The molecule has 1 aliphatic rings. The minimum atomic E-state index is 0.709. The molecule has 0 aromatic rings. The third-order valence-corrected chi connectivity index (χ3v) is 3.92. The molecule has 1 rings (SSSR count). The topological polar surface area (TPSA) is 12.0 Å². The minimum Gasteiger partial charge on any atom is -0.310 e. The SMILES string of the molecule is CCCC(C)NC1CCSC1C. The molecule has 1 heterocycles. The number of hydrogen-bond donors (Lipinski definition) is 1. The second-order valence-corrected chi connectivity index (χ2v) is 5.31. The van der Waals surface area contributed by atoms with Crippen LogP contribution in [0.4, 0.5) is 0 Å². The van der Waals surface area contributed by atoms with Crippen molar-refractivity contribution in [3.63, 3.8) is 0 Å². The van der Waals surface area contributed by atoms with Gasteiger partial charge in [0, 0.05) is 17.3 Å². The molecular weight excluding hydrogens is 166 g/mol. The first-order valence-corrected chi connectivity index (χ1v) is 6.16. The van der Waals surface area contributed by atoms with Gasteiger partial charge in [0.2, 0.25) is 0 Å². The first kappa shape index (κ1) is 10.4. The van der Waals surface area contributed by atoms with Gasteiger partial charge in [-0.15, -0.1) is 0 Å². The van der Waals surface area contributed by atoms with Crippen LogP contribution < -0.4 is 5.32 Å². The van der Waals surface area contributed by atoms with E-state index in [0.717, 1.165) is 11.3 Å². The molecule has 1 nitrogen and oxygen atoms in total. The molecule has 0 aliphatic carbocycles. The molecule has 1 N–H and O–H groups in total. The highest BCUT2D eigenvalue weighted by Crippen LogP contribution is 2.26. The maximum absolute atomic E-state index is 3.71. The van der Waals surface area contributed by atoms with Crippen molar-refractivity contribution in [3.05, 3.63) is 0 Å². The van der Waals surface area contributed by atoms with Gasteiger partial charge in [0.25, 0.3) is 0 Å². The van der Waals surface area contributed by atoms with Gasteiger partial charge in [-0.1, -0.05) is 20.3 Å². The van der Waals surface area contributed by atoms with E-state index in [1.54, 1.807) is 0 Å². The summed E-state index contributed by atoms with van der Waals surface area (Å²) in [6, 6.07) is 1.48. The zero-order valence-electron chi connectivity index (χ0n) is 8.47. The van der Waals surface area contributed by atoms with Crippen molar-refractivity contribution in [2.45, 2.75) is 57.4 Å². The van der Waals surface area contributed by atoms with Crippen LogP contribution in [0.15, 0.2) is 0 Å². The highest BCUT2D eigenvalue weighted by Gasteiger charge is 2.24. The Morgan fingerprint density at radius 2 is 2.33 bits per heavy atom. The molecule has 0 saturated carbocycles. The number of thioether (sulfide) groups is 1. The largest absolute Gasteiger partial charge is 0.310 e. The molecule has 0 aromatic carbocycles. The van der Waals surface area contributed by atoms with Crippen LogP contribution in [0.3, 0.4) is 0 Å². The lowest BCUT2D eigenvalue weighted by molar-refractivity contribution is 0.423. The lowest BCUT2D eigenvalue weighted by Crippen LogP contribution is -2.39. The smallest absolute Gasteiger partial charge is 0.0194 e. The molecule has 0 bridgehead atoms. The summed E-state index contributed by atoms with van der Waals surface area (Å²) in [6.45, 7) is 6.90. The lowest BCUT2D eigenvalue weighted by atomic mass is 10.1. The van der Waals surface area contributed by atoms with E-state index in [1.165, 1.54) is 25.0 Å². The fraction of sp³-hybridized carbons (Fsp3) is 1.00. The molecule has 3 unspecified atom stereocenters. The second kappa shape index (κ2) is 5.13. The van der Waals surface area contributed by atoms with Crippen molar-refractivity contribution in [1.29, 1.82) is 0 Å². The zero-order chi connectivity index (χ0) is 8.97. The van der Waals surface area contributed by atoms with Crippen molar-refractivity contribution in [2.75, 3.05) is 5.75 Å². The maximum atomic E-state index is 3.71. The summed E-state index contributed by atoms with van der Waals surface area (Å²) in [5.41, 5.74) is 0. The van der Waals surface area contributed by atoms with Gasteiger partial charge in [-0.05, 0) is 25.5 Å². The standard InChI is InChI=1S/C10H21NS/c1-4-5-8(2)11-10-6-7-12-9(10)3/h8-11H,4-7H2,1-3H3. The Hall–Kier alpha value is 0.310. The van der Waals surface area contributed by atoms with Crippen molar-refractivity contribution in [2.24, 2.45) is 0 Å². The second-order valence-electron chi connectivity index (χ2n) is 3.83. The first-order valence-electron chi connectivity index (χ1n) is 5.11. The van der Waals surface area contributed by atoms with Crippen LogP contribution in [0.5, 0.6) is 0 Å². The molecule has 1 aliphatic heterocycles. The predicted octanol–water partition coefficient (Wildman–Crippen LogP) is 2.66. The van der Waals surface area contributed by atoms with Crippen LogP contribution in [0.25, 0.3) is 0 Å². The van der Waals surface area contributed by atoms with E-state index in [4.69, 9.17) is 0 Å². The van der Waals surface area contributed by atoms with Crippen LogP contribution in [0.2, 0.25) is 0 Å². The Labute approximate surface area is 80.7 Å².